The van der Waals surface area contributed by atoms with Crippen molar-refractivity contribution in [3.63, 3.8) is 0 Å². The van der Waals surface area contributed by atoms with Gasteiger partial charge in [0.1, 0.15) is 0 Å². The average molecular weight is 398 g/mol. The van der Waals surface area contributed by atoms with Gasteiger partial charge in [-0.2, -0.15) is 0 Å². The number of nitrogens with zero attached hydrogens (tertiary/aromatic N) is 1. The summed E-state index contributed by atoms with van der Waals surface area (Å²) < 4.78 is 2.39. The Morgan fingerprint density at radius 2 is 1.13 bits per heavy atom. The van der Waals surface area contributed by atoms with Gasteiger partial charge in [-0.25, -0.2) is 0 Å². The highest BCUT2D eigenvalue weighted by Crippen LogP contribution is 2.36. The molecule has 0 atom stereocenters. The van der Waals surface area contributed by atoms with Crippen molar-refractivity contribution in [3.05, 3.63) is 114 Å². The fourth-order valence-corrected chi connectivity index (χ4v) is 4.94. The molecule has 0 bridgehead atoms. The van der Waals surface area contributed by atoms with E-state index in [1.807, 2.05) is 0 Å². The SMILES string of the molecule is Cc1c(-c2ccccc2)cc2cc(-n3c4ccccc4c4ccccc43)ccc2c1C. The number of hydrogen-bond acceptors (Lipinski definition) is 0. The first-order valence-electron chi connectivity index (χ1n) is 10.8. The Labute approximate surface area is 182 Å². The van der Waals surface area contributed by atoms with Gasteiger partial charge in [0.05, 0.1) is 11.0 Å². The Balaban J connectivity index is 1.66. The van der Waals surface area contributed by atoms with E-state index in [0.29, 0.717) is 0 Å². The normalized spacial score (nSPS) is 11.5. The molecule has 0 aliphatic heterocycles. The molecule has 0 saturated heterocycles. The fraction of sp³-hybridized carbons (Fsp3) is 0.0667. The van der Waals surface area contributed by atoms with Gasteiger partial charge < -0.3 is 4.57 Å². The predicted molar refractivity (Wildman–Crippen MR) is 133 cm³/mol. The topological polar surface area (TPSA) is 4.93 Å². The molecule has 0 N–H and O–H groups in total. The zero-order valence-corrected chi connectivity index (χ0v) is 17.8. The molecule has 1 heterocycles. The van der Waals surface area contributed by atoms with Crippen molar-refractivity contribution in [2.24, 2.45) is 0 Å². The van der Waals surface area contributed by atoms with Crippen molar-refractivity contribution >= 4 is 32.6 Å². The molecule has 0 amide bonds. The fourth-order valence-electron chi connectivity index (χ4n) is 4.94. The molecule has 1 nitrogen and oxygen atoms in total. The minimum atomic E-state index is 1.20. The monoisotopic (exact) mass is 397 g/mol. The number of aromatic nitrogens is 1. The van der Waals surface area contributed by atoms with E-state index in [9.17, 15) is 0 Å². The third-order valence-electron chi connectivity index (χ3n) is 6.63. The van der Waals surface area contributed by atoms with Crippen LogP contribution in [0.25, 0.3) is 49.4 Å². The van der Waals surface area contributed by atoms with Crippen LogP contribution in [0.4, 0.5) is 0 Å². The number of fused-ring (bicyclic) bond motifs is 4. The zero-order chi connectivity index (χ0) is 20.9. The highest BCUT2D eigenvalue weighted by Gasteiger charge is 2.13. The van der Waals surface area contributed by atoms with Crippen LogP contribution >= 0.6 is 0 Å². The Morgan fingerprint density at radius 1 is 0.516 bits per heavy atom. The van der Waals surface area contributed by atoms with E-state index in [1.165, 1.54) is 60.5 Å². The zero-order valence-electron chi connectivity index (χ0n) is 17.8. The van der Waals surface area contributed by atoms with Crippen LogP contribution in [-0.2, 0) is 0 Å². The Morgan fingerprint density at radius 3 is 1.81 bits per heavy atom. The summed E-state index contributed by atoms with van der Waals surface area (Å²) in [7, 11) is 0. The Hall–Kier alpha value is -3.84. The van der Waals surface area contributed by atoms with Gasteiger partial charge in [-0.3, -0.25) is 0 Å². The summed E-state index contributed by atoms with van der Waals surface area (Å²) in [6.07, 6.45) is 0. The van der Waals surface area contributed by atoms with Gasteiger partial charge in [0.15, 0.2) is 0 Å². The van der Waals surface area contributed by atoms with Crippen molar-refractivity contribution in [1.82, 2.24) is 4.57 Å². The van der Waals surface area contributed by atoms with Gasteiger partial charge >= 0.3 is 0 Å². The van der Waals surface area contributed by atoms with E-state index in [1.54, 1.807) is 0 Å². The smallest absolute Gasteiger partial charge is 0.0541 e. The van der Waals surface area contributed by atoms with Crippen LogP contribution < -0.4 is 0 Å². The molecule has 0 unspecified atom stereocenters. The molecule has 6 aromatic rings. The quantitative estimate of drug-likeness (QED) is 0.277. The summed E-state index contributed by atoms with van der Waals surface area (Å²) >= 11 is 0. The highest BCUT2D eigenvalue weighted by atomic mass is 15.0. The maximum atomic E-state index is 2.39. The summed E-state index contributed by atoms with van der Waals surface area (Å²) in [5.74, 6) is 0. The lowest BCUT2D eigenvalue weighted by Crippen LogP contribution is -1.95. The van der Waals surface area contributed by atoms with Crippen molar-refractivity contribution in [3.8, 4) is 16.8 Å². The van der Waals surface area contributed by atoms with Crippen LogP contribution in [0.2, 0.25) is 0 Å². The molecule has 1 aromatic heterocycles. The molecule has 5 aromatic carbocycles. The average Bonchev–Trinajstić information content (AvgIpc) is 3.16. The van der Waals surface area contributed by atoms with Crippen LogP contribution in [0.3, 0.4) is 0 Å². The van der Waals surface area contributed by atoms with E-state index in [0.717, 1.165) is 0 Å². The second-order valence-corrected chi connectivity index (χ2v) is 8.32. The number of benzene rings is 5. The van der Waals surface area contributed by atoms with E-state index < -0.39 is 0 Å². The van der Waals surface area contributed by atoms with Gasteiger partial charge in [0, 0.05) is 16.5 Å². The first kappa shape index (κ1) is 18.0. The first-order chi connectivity index (χ1) is 15.2. The molecule has 0 radical (unpaired) electrons. The van der Waals surface area contributed by atoms with Crippen molar-refractivity contribution < 1.29 is 0 Å². The maximum Gasteiger partial charge on any atom is 0.0541 e. The van der Waals surface area contributed by atoms with E-state index >= 15 is 0 Å². The van der Waals surface area contributed by atoms with E-state index in [2.05, 4.69) is 122 Å². The Kier molecular flexibility index (Phi) is 3.97. The Bertz CT molecular complexity index is 1530. The number of hydrogen-bond donors (Lipinski definition) is 0. The molecule has 0 spiro atoms. The van der Waals surface area contributed by atoms with Crippen LogP contribution in [0.15, 0.2) is 103 Å². The predicted octanol–water partition coefficient (Wildman–Crippen LogP) is 8.22. The standard InChI is InChI=1S/C30H23N/c1-20-21(2)28(22-10-4-3-5-11-22)19-23-18-24(16-17-25(20)23)31-29-14-8-6-12-26(29)27-13-7-9-15-30(27)31/h3-19H,1-2H3. The summed E-state index contributed by atoms with van der Waals surface area (Å²) in [5, 5.41) is 5.19. The van der Waals surface area contributed by atoms with E-state index in [4.69, 9.17) is 0 Å². The number of aryl methyl sites for hydroxylation is 1. The van der Waals surface area contributed by atoms with Crippen molar-refractivity contribution in [1.29, 1.82) is 0 Å². The summed E-state index contributed by atoms with van der Waals surface area (Å²) in [6.45, 7) is 4.47. The second kappa shape index (κ2) is 6.85. The minimum absolute atomic E-state index is 1.20. The van der Waals surface area contributed by atoms with Gasteiger partial charge in [-0.05, 0) is 77.2 Å². The summed E-state index contributed by atoms with van der Waals surface area (Å²) in [6, 6.07) is 37.3. The van der Waals surface area contributed by atoms with Crippen LogP contribution in [0.1, 0.15) is 11.1 Å². The third kappa shape index (κ3) is 2.70. The third-order valence-corrected chi connectivity index (χ3v) is 6.63. The van der Waals surface area contributed by atoms with Gasteiger partial charge in [-0.15, -0.1) is 0 Å². The van der Waals surface area contributed by atoms with Gasteiger partial charge in [0.25, 0.3) is 0 Å². The van der Waals surface area contributed by atoms with E-state index in [-0.39, 0.29) is 0 Å². The molecule has 1 heteroatoms. The molecule has 0 aliphatic rings. The largest absolute Gasteiger partial charge is 0.309 e. The first-order valence-corrected chi connectivity index (χ1v) is 10.8. The highest BCUT2D eigenvalue weighted by molar-refractivity contribution is 6.09. The number of para-hydroxylation sites is 2. The lowest BCUT2D eigenvalue weighted by atomic mass is 9.92. The lowest BCUT2D eigenvalue weighted by molar-refractivity contribution is 1.18. The second-order valence-electron chi connectivity index (χ2n) is 8.32. The molecule has 0 fully saturated rings. The molecular formula is C30H23N. The molecular weight excluding hydrogens is 374 g/mol. The van der Waals surface area contributed by atoms with Crippen molar-refractivity contribution in [2.45, 2.75) is 13.8 Å². The lowest BCUT2D eigenvalue weighted by Gasteiger charge is -2.15. The number of rotatable bonds is 2. The molecule has 0 saturated carbocycles. The van der Waals surface area contributed by atoms with Crippen LogP contribution in [0.5, 0.6) is 0 Å². The molecule has 6 rings (SSSR count). The summed E-state index contributed by atoms with van der Waals surface area (Å²) in [5.41, 5.74) is 8.98. The molecule has 0 aliphatic carbocycles. The van der Waals surface area contributed by atoms with Crippen LogP contribution in [0, 0.1) is 13.8 Å². The van der Waals surface area contributed by atoms with Crippen LogP contribution in [-0.4, -0.2) is 4.57 Å². The molecule has 148 valence electrons. The van der Waals surface area contributed by atoms with Gasteiger partial charge in [0.2, 0.25) is 0 Å². The van der Waals surface area contributed by atoms with Crippen molar-refractivity contribution in [2.75, 3.05) is 0 Å². The molecule has 31 heavy (non-hydrogen) atoms. The van der Waals surface area contributed by atoms with Gasteiger partial charge in [-0.1, -0.05) is 72.8 Å². The minimum Gasteiger partial charge on any atom is -0.309 e. The maximum absolute atomic E-state index is 2.39. The summed E-state index contributed by atoms with van der Waals surface area (Å²) in [4.78, 5) is 0.